The lowest BCUT2D eigenvalue weighted by Gasteiger charge is -2.27. The summed E-state index contributed by atoms with van der Waals surface area (Å²) in [6.07, 6.45) is 3.53. The van der Waals surface area contributed by atoms with Gasteiger partial charge in [0.05, 0.1) is 12.7 Å². The van der Waals surface area contributed by atoms with Crippen molar-refractivity contribution in [3.05, 3.63) is 11.8 Å². The first-order valence-electron chi connectivity index (χ1n) is 7.64. The number of alkyl halides is 2. The van der Waals surface area contributed by atoms with Crippen LogP contribution in [0.1, 0.15) is 36.0 Å². The zero-order valence-corrected chi connectivity index (χ0v) is 12.9. The van der Waals surface area contributed by atoms with Gasteiger partial charge in [0.1, 0.15) is 11.4 Å². The molecule has 10 heteroatoms. The van der Waals surface area contributed by atoms with Gasteiger partial charge in [-0.3, -0.25) is 0 Å². The van der Waals surface area contributed by atoms with Crippen molar-refractivity contribution in [1.29, 1.82) is 0 Å². The van der Waals surface area contributed by atoms with Crippen molar-refractivity contribution in [2.45, 2.75) is 44.4 Å². The van der Waals surface area contributed by atoms with Crippen LogP contribution in [0.25, 0.3) is 0 Å². The van der Waals surface area contributed by atoms with Crippen molar-refractivity contribution in [3.63, 3.8) is 0 Å². The molecule has 1 aliphatic carbocycles. The van der Waals surface area contributed by atoms with E-state index in [4.69, 9.17) is 0 Å². The molecule has 0 saturated heterocycles. The van der Waals surface area contributed by atoms with Crippen LogP contribution in [-0.4, -0.2) is 58.1 Å². The minimum absolute atomic E-state index is 0.0106. The second-order valence-electron chi connectivity index (χ2n) is 5.47. The highest BCUT2D eigenvalue weighted by Gasteiger charge is 2.22. The molecule has 0 atom stereocenters. The Morgan fingerprint density at radius 2 is 2.08 bits per heavy atom. The molecule has 0 spiro atoms. The normalized spacial score (nSPS) is 20.8. The van der Waals surface area contributed by atoms with Gasteiger partial charge in [-0.1, -0.05) is 0 Å². The maximum Gasteiger partial charge on any atom is 0.345 e. The number of hydrogen-bond acceptors (Lipinski definition) is 7. The Bertz CT molecular complexity index is 554. The topological polar surface area (TPSA) is 117 Å². The molecule has 0 radical (unpaired) electrons. The van der Waals surface area contributed by atoms with Gasteiger partial charge in [0.2, 0.25) is 5.95 Å². The Morgan fingerprint density at radius 3 is 2.71 bits per heavy atom. The van der Waals surface area contributed by atoms with Crippen LogP contribution in [0.5, 0.6) is 0 Å². The van der Waals surface area contributed by atoms with Crippen LogP contribution >= 0.6 is 0 Å². The highest BCUT2D eigenvalue weighted by atomic mass is 19.3. The molecule has 1 heterocycles. The van der Waals surface area contributed by atoms with E-state index in [1.165, 1.54) is 0 Å². The smallest absolute Gasteiger partial charge is 0.345 e. The number of anilines is 2. The van der Waals surface area contributed by atoms with Gasteiger partial charge in [-0.15, -0.1) is 0 Å². The van der Waals surface area contributed by atoms with Crippen LogP contribution in [0.4, 0.5) is 20.5 Å². The van der Waals surface area contributed by atoms with Gasteiger partial charge >= 0.3 is 12.6 Å². The third kappa shape index (κ3) is 5.53. The molecule has 0 aromatic carbocycles. The molecule has 1 saturated carbocycles. The summed E-state index contributed by atoms with van der Waals surface area (Å²) < 4.78 is 27.9. The lowest BCUT2D eigenvalue weighted by atomic mass is 9.93. The number of aromatic nitrogens is 2. The van der Waals surface area contributed by atoms with Crippen molar-refractivity contribution < 1.29 is 28.5 Å². The molecule has 1 aromatic heterocycles. The van der Waals surface area contributed by atoms with Crippen molar-refractivity contribution in [2.24, 2.45) is 0 Å². The molecule has 1 aromatic rings. The number of ether oxygens (including phenoxy) is 1. The zero-order valence-electron chi connectivity index (χ0n) is 12.9. The maximum atomic E-state index is 11.9. The predicted octanol–water partition coefficient (Wildman–Crippen LogP) is 1.54. The van der Waals surface area contributed by atoms with E-state index in [-0.39, 0.29) is 42.6 Å². The van der Waals surface area contributed by atoms with Crippen LogP contribution < -0.4 is 10.6 Å². The summed E-state index contributed by atoms with van der Waals surface area (Å²) in [5.41, 5.74) is -0.0736. The van der Waals surface area contributed by atoms with Crippen LogP contribution in [0, 0.1) is 0 Å². The SMILES string of the molecule is O=C(O)c1cnc(NCCOC(F)F)nc1NC1CCC(O)CC1. The number of carbonyl (C=O) groups is 1. The largest absolute Gasteiger partial charge is 0.477 e. The fraction of sp³-hybridized carbons (Fsp3) is 0.643. The van der Waals surface area contributed by atoms with Gasteiger partial charge in [0.25, 0.3) is 0 Å². The third-order valence-electron chi connectivity index (χ3n) is 3.69. The third-order valence-corrected chi connectivity index (χ3v) is 3.69. The first kappa shape index (κ1) is 18.3. The number of nitrogens with zero attached hydrogens (tertiary/aromatic N) is 2. The molecule has 4 N–H and O–H groups in total. The van der Waals surface area contributed by atoms with Crippen molar-refractivity contribution in [3.8, 4) is 0 Å². The number of rotatable bonds is 8. The fourth-order valence-electron chi connectivity index (χ4n) is 2.46. The van der Waals surface area contributed by atoms with Crippen LogP contribution in [0.15, 0.2) is 6.20 Å². The highest BCUT2D eigenvalue weighted by Crippen LogP contribution is 2.23. The summed E-state index contributed by atoms with van der Waals surface area (Å²) >= 11 is 0. The molecule has 0 unspecified atom stereocenters. The van der Waals surface area contributed by atoms with E-state index in [2.05, 4.69) is 25.3 Å². The zero-order chi connectivity index (χ0) is 17.5. The second kappa shape index (κ2) is 8.69. The first-order valence-corrected chi connectivity index (χ1v) is 7.64. The number of nitrogens with one attached hydrogen (secondary N) is 2. The number of carboxylic acids is 1. The molecule has 1 aliphatic rings. The van der Waals surface area contributed by atoms with E-state index in [1.54, 1.807) is 0 Å². The maximum absolute atomic E-state index is 11.9. The average molecular weight is 346 g/mol. The second-order valence-corrected chi connectivity index (χ2v) is 5.47. The summed E-state index contributed by atoms with van der Waals surface area (Å²) in [4.78, 5) is 19.2. The monoisotopic (exact) mass is 346 g/mol. The van der Waals surface area contributed by atoms with Gasteiger partial charge in [-0.2, -0.15) is 13.8 Å². The molecule has 0 bridgehead atoms. The number of carboxylic acid groups (broad SMARTS) is 1. The Kier molecular flexibility index (Phi) is 6.62. The van der Waals surface area contributed by atoms with E-state index in [0.29, 0.717) is 25.7 Å². The molecule has 0 amide bonds. The highest BCUT2D eigenvalue weighted by molar-refractivity contribution is 5.93. The molecule has 2 rings (SSSR count). The first-order chi connectivity index (χ1) is 11.5. The average Bonchev–Trinajstić information content (AvgIpc) is 2.53. The van der Waals surface area contributed by atoms with Crippen molar-refractivity contribution in [1.82, 2.24) is 9.97 Å². The van der Waals surface area contributed by atoms with Gasteiger partial charge in [0.15, 0.2) is 0 Å². The number of halogens is 2. The van der Waals surface area contributed by atoms with E-state index in [0.717, 1.165) is 6.20 Å². The summed E-state index contributed by atoms with van der Waals surface area (Å²) in [6.45, 7) is -3.02. The Labute approximate surface area is 137 Å². The summed E-state index contributed by atoms with van der Waals surface area (Å²) in [5, 5.41) is 24.5. The molecule has 24 heavy (non-hydrogen) atoms. The summed E-state index contributed by atoms with van der Waals surface area (Å²) in [5.74, 6) is -0.881. The van der Waals surface area contributed by atoms with E-state index >= 15 is 0 Å². The van der Waals surface area contributed by atoms with E-state index < -0.39 is 12.6 Å². The van der Waals surface area contributed by atoms with Gasteiger partial charge in [-0.25, -0.2) is 9.78 Å². The number of aromatic carboxylic acids is 1. The Morgan fingerprint density at radius 1 is 1.38 bits per heavy atom. The van der Waals surface area contributed by atoms with E-state index in [1.807, 2.05) is 0 Å². The van der Waals surface area contributed by atoms with Gasteiger partial charge in [-0.05, 0) is 25.7 Å². The lowest BCUT2D eigenvalue weighted by molar-refractivity contribution is -0.125. The minimum Gasteiger partial charge on any atom is -0.477 e. The molecule has 8 nitrogen and oxygen atoms in total. The molecule has 0 aliphatic heterocycles. The number of aliphatic hydroxyl groups is 1. The standard InChI is InChI=1S/C14H20F2N4O4/c15-13(16)24-6-5-17-14-18-7-10(12(22)23)11(20-14)19-8-1-3-9(21)4-2-8/h7-9,13,21H,1-6H2,(H,22,23)(H2,17,18,19,20). The van der Waals surface area contributed by atoms with Crippen LogP contribution in [0.3, 0.4) is 0 Å². The van der Waals surface area contributed by atoms with Crippen LogP contribution in [0.2, 0.25) is 0 Å². The Balaban J connectivity index is 2.00. The summed E-state index contributed by atoms with van der Waals surface area (Å²) in [6, 6.07) is 0.0106. The van der Waals surface area contributed by atoms with Crippen LogP contribution in [-0.2, 0) is 4.74 Å². The van der Waals surface area contributed by atoms with E-state index in [9.17, 15) is 23.8 Å². The van der Waals surface area contributed by atoms with Crippen molar-refractivity contribution in [2.75, 3.05) is 23.8 Å². The van der Waals surface area contributed by atoms with Crippen molar-refractivity contribution >= 4 is 17.7 Å². The Hall–Kier alpha value is -2.07. The quantitative estimate of drug-likeness (QED) is 0.524. The predicted molar refractivity (Wildman–Crippen MR) is 81.3 cm³/mol. The fourth-order valence-corrected chi connectivity index (χ4v) is 2.46. The van der Waals surface area contributed by atoms with Gasteiger partial charge in [0, 0.05) is 18.8 Å². The van der Waals surface area contributed by atoms with Gasteiger partial charge < -0.3 is 25.6 Å². The minimum atomic E-state index is -2.85. The lowest BCUT2D eigenvalue weighted by Crippen LogP contribution is -2.29. The molecular weight excluding hydrogens is 326 g/mol. The summed E-state index contributed by atoms with van der Waals surface area (Å²) in [7, 11) is 0. The molecule has 1 fully saturated rings. The number of hydrogen-bond donors (Lipinski definition) is 4. The molecule has 134 valence electrons. The number of aliphatic hydroxyl groups excluding tert-OH is 1. The molecular formula is C14H20F2N4O4.